The summed E-state index contributed by atoms with van der Waals surface area (Å²) in [5.41, 5.74) is 4.83. The van der Waals surface area contributed by atoms with Gasteiger partial charge in [0.25, 0.3) is 0 Å². The summed E-state index contributed by atoms with van der Waals surface area (Å²) in [6.45, 7) is 3.93. The SMILES string of the molecule is COc1cccc(CN2CCCn3nc(-c4ccccc4)cc3C2)c1. The van der Waals surface area contributed by atoms with E-state index in [-0.39, 0.29) is 0 Å². The molecule has 4 rings (SSSR count). The summed E-state index contributed by atoms with van der Waals surface area (Å²) in [6.07, 6.45) is 1.12. The molecular formula is C21H23N3O. The van der Waals surface area contributed by atoms with Crippen LogP contribution in [0.15, 0.2) is 60.7 Å². The molecule has 1 aromatic heterocycles. The second-order valence-corrected chi connectivity index (χ2v) is 6.53. The third kappa shape index (κ3) is 3.59. The van der Waals surface area contributed by atoms with Crippen molar-refractivity contribution >= 4 is 0 Å². The fourth-order valence-corrected chi connectivity index (χ4v) is 3.44. The van der Waals surface area contributed by atoms with Gasteiger partial charge in [0.1, 0.15) is 5.75 Å². The van der Waals surface area contributed by atoms with Crippen molar-refractivity contribution < 1.29 is 4.74 Å². The highest BCUT2D eigenvalue weighted by atomic mass is 16.5. The Bertz CT molecular complexity index is 841. The molecule has 0 amide bonds. The van der Waals surface area contributed by atoms with Crippen LogP contribution in [0.4, 0.5) is 0 Å². The zero-order valence-corrected chi connectivity index (χ0v) is 14.6. The zero-order valence-electron chi connectivity index (χ0n) is 14.6. The minimum Gasteiger partial charge on any atom is -0.497 e. The first-order valence-electron chi connectivity index (χ1n) is 8.79. The van der Waals surface area contributed by atoms with Crippen LogP contribution in [0.5, 0.6) is 5.75 Å². The normalized spacial score (nSPS) is 14.8. The maximum atomic E-state index is 5.34. The van der Waals surface area contributed by atoms with E-state index < -0.39 is 0 Å². The molecule has 128 valence electrons. The first-order chi connectivity index (χ1) is 12.3. The lowest BCUT2D eigenvalue weighted by atomic mass is 10.1. The smallest absolute Gasteiger partial charge is 0.119 e. The van der Waals surface area contributed by atoms with Gasteiger partial charge in [-0.1, -0.05) is 42.5 Å². The number of aromatic nitrogens is 2. The van der Waals surface area contributed by atoms with E-state index >= 15 is 0 Å². The van der Waals surface area contributed by atoms with E-state index in [1.54, 1.807) is 7.11 Å². The average Bonchev–Trinajstić information content (AvgIpc) is 2.96. The summed E-state index contributed by atoms with van der Waals surface area (Å²) < 4.78 is 7.52. The quantitative estimate of drug-likeness (QED) is 0.724. The van der Waals surface area contributed by atoms with Crippen molar-refractivity contribution in [1.82, 2.24) is 14.7 Å². The number of hydrogen-bond donors (Lipinski definition) is 0. The lowest BCUT2D eigenvalue weighted by Crippen LogP contribution is -2.22. The number of rotatable bonds is 4. The molecule has 0 spiro atoms. The van der Waals surface area contributed by atoms with Crippen molar-refractivity contribution in [2.75, 3.05) is 13.7 Å². The van der Waals surface area contributed by atoms with Gasteiger partial charge in [-0.3, -0.25) is 9.58 Å². The summed E-state index contributed by atoms with van der Waals surface area (Å²) in [4.78, 5) is 2.49. The molecule has 0 aliphatic carbocycles. The molecule has 0 saturated carbocycles. The molecule has 2 aromatic carbocycles. The number of aryl methyl sites for hydroxylation is 1. The van der Waals surface area contributed by atoms with Gasteiger partial charge in [0.05, 0.1) is 18.5 Å². The van der Waals surface area contributed by atoms with Crippen molar-refractivity contribution in [2.24, 2.45) is 0 Å². The summed E-state index contributed by atoms with van der Waals surface area (Å²) >= 11 is 0. The Labute approximate surface area is 148 Å². The Balaban J connectivity index is 1.53. The van der Waals surface area contributed by atoms with Gasteiger partial charge in [0.2, 0.25) is 0 Å². The van der Waals surface area contributed by atoms with Gasteiger partial charge in [-0.2, -0.15) is 5.10 Å². The Morgan fingerprint density at radius 1 is 1.00 bits per heavy atom. The monoisotopic (exact) mass is 333 g/mol. The lowest BCUT2D eigenvalue weighted by Gasteiger charge is -2.19. The van der Waals surface area contributed by atoms with Gasteiger partial charge in [-0.25, -0.2) is 0 Å². The van der Waals surface area contributed by atoms with E-state index in [1.165, 1.54) is 16.8 Å². The predicted molar refractivity (Wildman–Crippen MR) is 99.4 cm³/mol. The molecule has 0 atom stereocenters. The molecule has 0 unspecified atom stereocenters. The van der Waals surface area contributed by atoms with Crippen molar-refractivity contribution in [3.05, 3.63) is 71.9 Å². The Hall–Kier alpha value is -2.59. The van der Waals surface area contributed by atoms with Gasteiger partial charge in [-0.15, -0.1) is 0 Å². The maximum absolute atomic E-state index is 5.34. The molecule has 0 bridgehead atoms. The molecule has 4 heteroatoms. The van der Waals surface area contributed by atoms with Crippen molar-refractivity contribution in [2.45, 2.75) is 26.1 Å². The molecule has 1 aliphatic rings. The van der Waals surface area contributed by atoms with Crippen molar-refractivity contribution in [3.63, 3.8) is 0 Å². The summed E-state index contributed by atoms with van der Waals surface area (Å²) in [5, 5.41) is 4.82. The standard InChI is InChI=1S/C21H23N3O/c1-25-20-10-5-7-17(13-20)15-23-11-6-12-24-19(16-23)14-21(22-24)18-8-3-2-4-9-18/h2-5,7-10,13-14H,6,11-12,15-16H2,1H3. The zero-order chi connectivity index (χ0) is 17.1. The van der Waals surface area contributed by atoms with E-state index in [9.17, 15) is 0 Å². The van der Waals surface area contributed by atoms with Crippen molar-refractivity contribution in [3.8, 4) is 17.0 Å². The maximum Gasteiger partial charge on any atom is 0.119 e. The molecule has 3 aromatic rings. The highest BCUT2D eigenvalue weighted by Crippen LogP contribution is 2.23. The number of nitrogens with zero attached hydrogens (tertiary/aromatic N) is 3. The molecule has 1 aliphatic heterocycles. The van der Waals surface area contributed by atoms with Gasteiger partial charge in [-0.05, 0) is 30.2 Å². The topological polar surface area (TPSA) is 30.3 Å². The van der Waals surface area contributed by atoms with Crippen LogP contribution < -0.4 is 4.74 Å². The van der Waals surface area contributed by atoms with Crippen molar-refractivity contribution in [1.29, 1.82) is 0 Å². The van der Waals surface area contributed by atoms with Crippen LogP contribution in [0, 0.1) is 0 Å². The number of ether oxygens (including phenoxy) is 1. The average molecular weight is 333 g/mol. The van der Waals surface area contributed by atoms with Crippen LogP contribution in [0.1, 0.15) is 17.7 Å². The minimum atomic E-state index is 0.920. The molecular weight excluding hydrogens is 310 g/mol. The highest BCUT2D eigenvalue weighted by molar-refractivity contribution is 5.59. The van der Waals surface area contributed by atoms with Gasteiger partial charge < -0.3 is 4.74 Å². The van der Waals surface area contributed by atoms with Crippen LogP contribution in [-0.2, 0) is 19.6 Å². The molecule has 0 radical (unpaired) electrons. The Morgan fingerprint density at radius 3 is 2.72 bits per heavy atom. The second kappa shape index (κ2) is 7.11. The van der Waals surface area contributed by atoms with Gasteiger partial charge in [0, 0.05) is 31.7 Å². The number of methoxy groups -OCH3 is 1. The minimum absolute atomic E-state index is 0.920. The summed E-state index contributed by atoms with van der Waals surface area (Å²) in [7, 11) is 1.72. The number of fused-ring (bicyclic) bond motifs is 1. The van der Waals surface area contributed by atoms with Gasteiger partial charge >= 0.3 is 0 Å². The first kappa shape index (κ1) is 15.9. The summed E-state index contributed by atoms with van der Waals surface area (Å²) in [6, 6.07) is 21.0. The molecule has 25 heavy (non-hydrogen) atoms. The van der Waals surface area contributed by atoms with E-state index in [1.807, 2.05) is 12.1 Å². The second-order valence-electron chi connectivity index (χ2n) is 6.53. The van der Waals surface area contributed by atoms with Crippen LogP contribution in [-0.4, -0.2) is 28.3 Å². The van der Waals surface area contributed by atoms with Crippen LogP contribution >= 0.6 is 0 Å². The number of hydrogen-bond acceptors (Lipinski definition) is 3. The third-order valence-electron chi connectivity index (χ3n) is 4.70. The molecule has 0 N–H and O–H groups in total. The molecule has 0 saturated heterocycles. The fraction of sp³-hybridized carbons (Fsp3) is 0.286. The van der Waals surface area contributed by atoms with E-state index in [0.717, 1.165) is 44.0 Å². The fourth-order valence-electron chi connectivity index (χ4n) is 3.44. The molecule has 2 heterocycles. The third-order valence-corrected chi connectivity index (χ3v) is 4.70. The lowest BCUT2D eigenvalue weighted by molar-refractivity contribution is 0.260. The highest BCUT2D eigenvalue weighted by Gasteiger charge is 2.17. The van der Waals surface area contributed by atoms with Gasteiger partial charge in [0.15, 0.2) is 0 Å². The van der Waals surface area contributed by atoms with Crippen LogP contribution in [0.25, 0.3) is 11.3 Å². The van der Waals surface area contributed by atoms with E-state index in [4.69, 9.17) is 9.84 Å². The largest absolute Gasteiger partial charge is 0.497 e. The summed E-state index contributed by atoms with van der Waals surface area (Å²) in [5.74, 6) is 0.920. The Morgan fingerprint density at radius 2 is 1.88 bits per heavy atom. The predicted octanol–water partition coefficient (Wildman–Crippen LogP) is 3.96. The first-order valence-corrected chi connectivity index (χ1v) is 8.79. The van der Waals surface area contributed by atoms with E-state index in [2.05, 4.69) is 58.1 Å². The Kier molecular flexibility index (Phi) is 4.53. The van der Waals surface area contributed by atoms with E-state index in [0.29, 0.717) is 0 Å². The number of benzene rings is 2. The molecule has 0 fully saturated rings. The van der Waals surface area contributed by atoms with Crippen LogP contribution in [0.3, 0.4) is 0 Å². The van der Waals surface area contributed by atoms with Crippen LogP contribution in [0.2, 0.25) is 0 Å². The molecule has 4 nitrogen and oxygen atoms in total.